The van der Waals surface area contributed by atoms with Crippen LogP contribution in [-0.4, -0.2) is 15.7 Å². The van der Waals surface area contributed by atoms with Crippen LogP contribution >= 0.6 is 0 Å². The molecule has 1 aromatic heterocycles. The highest BCUT2D eigenvalue weighted by Crippen LogP contribution is 2.12. The monoisotopic (exact) mass is 244 g/mol. The highest BCUT2D eigenvalue weighted by molar-refractivity contribution is 5.96. The molecule has 5 nitrogen and oxygen atoms in total. The Morgan fingerprint density at radius 1 is 1.50 bits per heavy atom. The molecule has 0 fully saturated rings. The van der Waals surface area contributed by atoms with Crippen LogP contribution in [0.5, 0.6) is 0 Å². The molecule has 0 aliphatic heterocycles. The predicted octanol–water partition coefficient (Wildman–Crippen LogP) is 1.24. The van der Waals surface area contributed by atoms with Crippen molar-refractivity contribution < 1.29 is 4.79 Å². The van der Waals surface area contributed by atoms with Gasteiger partial charge in [0.25, 0.3) is 5.91 Å². The van der Waals surface area contributed by atoms with E-state index >= 15 is 0 Å². The molecule has 0 atom stereocenters. The summed E-state index contributed by atoms with van der Waals surface area (Å²) in [6, 6.07) is 5.31. The van der Waals surface area contributed by atoms with E-state index < -0.39 is 0 Å². The van der Waals surface area contributed by atoms with Crippen molar-refractivity contribution in [2.45, 2.75) is 13.5 Å². The van der Waals surface area contributed by atoms with Gasteiger partial charge in [-0.05, 0) is 24.6 Å². The first-order valence-corrected chi connectivity index (χ1v) is 5.68. The maximum absolute atomic E-state index is 12.0. The average molecular weight is 244 g/mol. The van der Waals surface area contributed by atoms with Gasteiger partial charge in [0.1, 0.15) is 0 Å². The lowest BCUT2D eigenvalue weighted by molar-refractivity contribution is 0.0950. The molecule has 5 heteroatoms. The van der Waals surface area contributed by atoms with E-state index in [2.05, 4.69) is 10.4 Å². The molecular formula is C13H16N4O. The summed E-state index contributed by atoms with van der Waals surface area (Å²) in [5.41, 5.74) is 8.76. The van der Waals surface area contributed by atoms with Gasteiger partial charge in [0.15, 0.2) is 0 Å². The summed E-state index contributed by atoms with van der Waals surface area (Å²) in [5, 5.41) is 6.89. The molecule has 0 aliphatic rings. The number of benzene rings is 1. The Kier molecular flexibility index (Phi) is 3.32. The highest BCUT2D eigenvalue weighted by Gasteiger charge is 2.09. The number of nitrogens with zero attached hydrogens (tertiary/aromatic N) is 2. The van der Waals surface area contributed by atoms with Crippen molar-refractivity contribution in [3.8, 4) is 0 Å². The van der Waals surface area contributed by atoms with Crippen LogP contribution in [0.2, 0.25) is 0 Å². The first kappa shape index (κ1) is 12.2. The fourth-order valence-corrected chi connectivity index (χ4v) is 1.72. The van der Waals surface area contributed by atoms with Gasteiger partial charge < -0.3 is 11.1 Å². The normalized spacial score (nSPS) is 10.3. The molecular weight excluding hydrogens is 228 g/mol. The molecule has 1 amide bonds. The number of rotatable bonds is 3. The van der Waals surface area contributed by atoms with Gasteiger partial charge in [0.2, 0.25) is 0 Å². The van der Waals surface area contributed by atoms with Gasteiger partial charge in [-0.25, -0.2) is 0 Å². The Labute approximate surface area is 106 Å². The van der Waals surface area contributed by atoms with Gasteiger partial charge >= 0.3 is 0 Å². The molecule has 0 radical (unpaired) electrons. The van der Waals surface area contributed by atoms with E-state index in [0.29, 0.717) is 17.8 Å². The van der Waals surface area contributed by atoms with Crippen LogP contribution < -0.4 is 11.1 Å². The van der Waals surface area contributed by atoms with Gasteiger partial charge in [-0.1, -0.05) is 6.07 Å². The van der Waals surface area contributed by atoms with Gasteiger partial charge in [-0.3, -0.25) is 9.48 Å². The first-order chi connectivity index (χ1) is 8.56. The number of carbonyl (C=O) groups is 1. The van der Waals surface area contributed by atoms with E-state index in [0.717, 1.165) is 11.1 Å². The van der Waals surface area contributed by atoms with E-state index in [4.69, 9.17) is 5.73 Å². The number of nitrogen functional groups attached to an aromatic ring is 1. The Morgan fingerprint density at radius 3 is 2.94 bits per heavy atom. The van der Waals surface area contributed by atoms with E-state index in [-0.39, 0.29) is 5.91 Å². The van der Waals surface area contributed by atoms with Crippen LogP contribution in [0.1, 0.15) is 21.5 Å². The van der Waals surface area contributed by atoms with Crippen LogP contribution in [-0.2, 0) is 13.6 Å². The number of hydrogen-bond donors (Lipinski definition) is 2. The lowest BCUT2D eigenvalue weighted by Crippen LogP contribution is -2.23. The third-order valence-electron chi connectivity index (χ3n) is 2.72. The maximum Gasteiger partial charge on any atom is 0.251 e. The van der Waals surface area contributed by atoms with Gasteiger partial charge in [0, 0.05) is 36.6 Å². The van der Waals surface area contributed by atoms with Crippen molar-refractivity contribution in [1.82, 2.24) is 15.1 Å². The summed E-state index contributed by atoms with van der Waals surface area (Å²) >= 11 is 0. The van der Waals surface area contributed by atoms with Crippen LogP contribution in [0, 0.1) is 6.92 Å². The third-order valence-corrected chi connectivity index (χ3v) is 2.72. The molecule has 2 aromatic rings. The summed E-state index contributed by atoms with van der Waals surface area (Å²) in [7, 11) is 1.84. The number of carbonyl (C=O) groups excluding carboxylic acids is 1. The summed E-state index contributed by atoms with van der Waals surface area (Å²) in [4.78, 5) is 12.0. The Bertz CT molecular complexity index is 574. The summed E-state index contributed by atoms with van der Waals surface area (Å²) < 4.78 is 1.70. The minimum Gasteiger partial charge on any atom is -0.399 e. The smallest absolute Gasteiger partial charge is 0.251 e. The fraction of sp³-hybridized carbons (Fsp3) is 0.231. The number of hydrogen-bond acceptors (Lipinski definition) is 3. The minimum absolute atomic E-state index is 0.122. The molecule has 0 bridgehead atoms. The van der Waals surface area contributed by atoms with Crippen LogP contribution in [0.4, 0.5) is 5.69 Å². The zero-order valence-corrected chi connectivity index (χ0v) is 10.5. The average Bonchev–Trinajstić information content (AvgIpc) is 2.75. The lowest BCUT2D eigenvalue weighted by Gasteiger charge is -2.07. The topological polar surface area (TPSA) is 72.9 Å². The van der Waals surface area contributed by atoms with Crippen LogP contribution in [0.3, 0.4) is 0 Å². The lowest BCUT2D eigenvalue weighted by atomic mass is 10.1. The third kappa shape index (κ3) is 2.68. The Balaban J connectivity index is 2.05. The predicted molar refractivity (Wildman–Crippen MR) is 70.0 cm³/mol. The molecule has 0 spiro atoms. The van der Waals surface area contributed by atoms with Crippen molar-refractivity contribution in [2.24, 2.45) is 7.05 Å². The number of aromatic nitrogens is 2. The molecule has 0 saturated carbocycles. The molecule has 2 rings (SSSR count). The summed E-state index contributed by atoms with van der Waals surface area (Å²) in [6.07, 6.45) is 3.60. The zero-order chi connectivity index (χ0) is 13.1. The number of amides is 1. The zero-order valence-electron chi connectivity index (χ0n) is 10.5. The molecule has 18 heavy (non-hydrogen) atoms. The van der Waals surface area contributed by atoms with Gasteiger partial charge in [-0.15, -0.1) is 0 Å². The number of aryl methyl sites for hydroxylation is 2. The Morgan fingerprint density at radius 2 is 2.28 bits per heavy atom. The molecule has 0 saturated heterocycles. The molecule has 0 unspecified atom stereocenters. The SMILES string of the molecule is Cc1ccc(N)cc1C(=O)NCc1cnn(C)c1. The maximum atomic E-state index is 12.0. The first-order valence-electron chi connectivity index (χ1n) is 5.68. The van der Waals surface area contributed by atoms with Crippen molar-refractivity contribution in [2.75, 3.05) is 5.73 Å². The molecule has 3 N–H and O–H groups in total. The van der Waals surface area contributed by atoms with Crippen LogP contribution in [0.25, 0.3) is 0 Å². The van der Waals surface area contributed by atoms with Crippen molar-refractivity contribution in [1.29, 1.82) is 0 Å². The van der Waals surface area contributed by atoms with E-state index in [1.807, 2.05) is 26.2 Å². The second kappa shape index (κ2) is 4.91. The largest absolute Gasteiger partial charge is 0.399 e. The molecule has 1 aromatic carbocycles. The quantitative estimate of drug-likeness (QED) is 0.798. The second-order valence-corrected chi connectivity index (χ2v) is 4.28. The Hall–Kier alpha value is -2.30. The van der Waals surface area contributed by atoms with E-state index in [9.17, 15) is 4.79 Å². The number of anilines is 1. The van der Waals surface area contributed by atoms with Crippen molar-refractivity contribution in [3.63, 3.8) is 0 Å². The fourth-order valence-electron chi connectivity index (χ4n) is 1.72. The standard InChI is InChI=1S/C13H16N4O/c1-9-3-4-11(14)5-12(9)13(18)15-6-10-7-16-17(2)8-10/h3-5,7-8H,6,14H2,1-2H3,(H,15,18). The minimum atomic E-state index is -0.122. The van der Waals surface area contributed by atoms with Gasteiger partial charge in [-0.2, -0.15) is 5.10 Å². The number of nitrogens with one attached hydrogen (secondary N) is 1. The van der Waals surface area contributed by atoms with Crippen molar-refractivity contribution in [3.05, 3.63) is 47.3 Å². The second-order valence-electron chi connectivity index (χ2n) is 4.28. The van der Waals surface area contributed by atoms with Crippen molar-refractivity contribution >= 4 is 11.6 Å². The van der Waals surface area contributed by atoms with E-state index in [1.54, 1.807) is 23.0 Å². The summed E-state index contributed by atoms with van der Waals surface area (Å²) in [6.45, 7) is 2.35. The highest BCUT2D eigenvalue weighted by atomic mass is 16.1. The van der Waals surface area contributed by atoms with Crippen LogP contribution in [0.15, 0.2) is 30.6 Å². The summed E-state index contributed by atoms with van der Waals surface area (Å²) in [5.74, 6) is -0.122. The van der Waals surface area contributed by atoms with Gasteiger partial charge in [0.05, 0.1) is 6.20 Å². The number of nitrogens with two attached hydrogens (primary N) is 1. The van der Waals surface area contributed by atoms with E-state index in [1.165, 1.54) is 0 Å². The molecule has 0 aliphatic carbocycles. The molecule has 94 valence electrons. The molecule has 1 heterocycles.